The summed E-state index contributed by atoms with van der Waals surface area (Å²) >= 11 is 0. The lowest BCUT2D eigenvalue weighted by Crippen LogP contribution is -2.29. The van der Waals surface area contributed by atoms with Crippen molar-refractivity contribution in [2.75, 3.05) is 13.6 Å². The molecular formula is C21H20N3O. The van der Waals surface area contributed by atoms with Gasteiger partial charge in [-0.1, -0.05) is 43.0 Å². The lowest BCUT2D eigenvalue weighted by molar-refractivity contribution is -0.116. The maximum absolute atomic E-state index is 11.5. The average Bonchev–Trinajstić information content (AvgIpc) is 2.64. The van der Waals surface area contributed by atoms with E-state index in [1.165, 1.54) is 6.08 Å². The van der Waals surface area contributed by atoms with Crippen molar-refractivity contribution in [3.63, 3.8) is 0 Å². The van der Waals surface area contributed by atoms with Crippen molar-refractivity contribution in [2.45, 2.75) is 6.42 Å². The molecule has 0 spiro atoms. The summed E-state index contributed by atoms with van der Waals surface area (Å²) in [6.45, 7) is 7.58. The lowest BCUT2D eigenvalue weighted by atomic mass is 9.92. The van der Waals surface area contributed by atoms with Crippen molar-refractivity contribution in [3.05, 3.63) is 89.9 Å². The Bertz CT molecular complexity index is 842. The summed E-state index contributed by atoms with van der Waals surface area (Å²) in [6.07, 6.45) is 1.88. The molecule has 0 saturated heterocycles. The molecule has 4 nitrogen and oxygen atoms in total. The van der Waals surface area contributed by atoms with Crippen LogP contribution in [0.4, 0.5) is 0 Å². The number of hydrogen-bond donors (Lipinski definition) is 1. The molecule has 1 radical (unpaired) electrons. The Labute approximate surface area is 148 Å². The fourth-order valence-corrected chi connectivity index (χ4v) is 2.58. The number of carbonyl (C=O) groups is 1. The molecule has 2 aromatic rings. The predicted molar refractivity (Wildman–Crippen MR) is 101 cm³/mol. The van der Waals surface area contributed by atoms with Gasteiger partial charge in [-0.05, 0) is 42.2 Å². The van der Waals surface area contributed by atoms with Gasteiger partial charge in [-0.15, -0.1) is 0 Å². The molecular weight excluding hydrogens is 310 g/mol. The first-order valence-corrected chi connectivity index (χ1v) is 7.88. The van der Waals surface area contributed by atoms with Gasteiger partial charge in [0, 0.05) is 12.6 Å². The van der Waals surface area contributed by atoms with Gasteiger partial charge in [0.1, 0.15) is 0 Å². The Hall–Kier alpha value is -3.19. The molecule has 0 aliphatic heterocycles. The zero-order valence-electron chi connectivity index (χ0n) is 14.2. The molecule has 0 bridgehead atoms. The summed E-state index contributed by atoms with van der Waals surface area (Å²) in [5, 5.41) is 12.2. The van der Waals surface area contributed by atoms with E-state index in [4.69, 9.17) is 0 Å². The highest BCUT2D eigenvalue weighted by Crippen LogP contribution is 2.20. The number of nitrogens with one attached hydrogen (secondary N) is 1. The molecule has 0 aliphatic carbocycles. The quantitative estimate of drug-likeness (QED) is 0.653. The van der Waals surface area contributed by atoms with E-state index in [9.17, 15) is 10.1 Å². The smallest absolute Gasteiger partial charge is 0.243 e. The molecule has 1 N–H and O–H groups in total. The third-order valence-corrected chi connectivity index (χ3v) is 3.86. The minimum atomic E-state index is -0.275. The Kier molecular flexibility index (Phi) is 6.25. The molecule has 0 aromatic heterocycles. The number of nitrogens with zero attached hydrogens (tertiary/aromatic N) is 2. The first-order valence-electron chi connectivity index (χ1n) is 7.88. The SMILES string of the molecule is [CH2]c1ccc(Cc2cccc(C#N)c2C(CNC(=O)C=C)=NC)cc1. The van der Waals surface area contributed by atoms with E-state index < -0.39 is 0 Å². The van der Waals surface area contributed by atoms with Crippen LogP contribution in [0.15, 0.2) is 60.1 Å². The van der Waals surface area contributed by atoms with Crippen molar-refractivity contribution >= 4 is 11.6 Å². The van der Waals surface area contributed by atoms with Crippen LogP contribution in [-0.2, 0) is 11.2 Å². The van der Waals surface area contributed by atoms with E-state index in [1.807, 2.05) is 36.4 Å². The van der Waals surface area contributed by atoms with Crippen molar-refractivity contribution < 1.29 is 4.79 Å². The monoisotopic (exact) mass is 330 g/mol. The summed E-state index contributed by atoms with van der Waals surface area (Å²) in [7, 11) is 1.66. The first kappa shape index (κ1) is 18.2. The molecule has 125 valence electrons. The second-order valence-corrected chi connectivity index (χ2v) is 5.54. The number of amides is 1. The van der Waals surface area contributed by atoms with Crippen LogP contribution in [0.3, 0.4) is 0 Å². The molecule has 25 heavy (non-hydrogen) atoms. The number of benzene rings is 2. The number of rotatable bonds is 6. The third-order valence-electron chi connectivity index (χ3n) is 3.86. The Morgan fingerprint density at radius 2 is 2.00 bits per heavy atom. The van der Waals surface area contributed by atoms with E-state index >= 15 is 0 Å². The van der Waals surface area contributed by atoms with E-state index in [-0.39, 0.29) is 12.5 Å². The van der Waals surface area contributed by atoms with Crippen LogP contribution in [-0.4, -0.2) is 25.2 Å². The summed E-state index contributed by atoms with van der Waals surface area (Å²) in [5.41, 5.74) is 5.04. The van der Waals surface area contributed by atoms with Gasteiger partial charge in [0.2, 0.25) is 5.91 Å². The van der Waals surface area contributed by atoms with E-state index in [0.717, 1.165) is 22.3 Å². The molecule has 2 rings (SSSR count). The Morgan fingerprint density at radius 3 is 2.60 bits per heavy atom. The zero-order chi connectivity index (χ0) is 18.2. The Morgan fingerprint density at radius 1 is 1.28 bits per heavy atom. The summed E-state index contributed by atoms with van der Waals surface area (Å²) in [6, 6.07) is 15.8. The molecule has 2 aromatic carbocycles. The van der Waals surface area contributed by atoms with Gasteiger partial charge >= 0.3 is 0 Å². The highest BCUT2D eigenvalue weighted by molar-refractivity contribution is 6.06. The van der Waals surface area contributed by atoms with Gasteiger partial charge in [-0.25, -0.2) is 0 Å². The van der Waals surface area contributed by atoms with Gasteiger partial charge in [0.05, 0.1) is 23.9 Å². The summed E-state index contributed by atoms with van der Waals surface area (Å²) < 4.78 is 0. The molecule has 0 fully saturated rings. The predicted octanol–water partition coefficient (Wildman–Crippen LogP) is 3.05. The standard InChI is InChI=1S/C21H20N3O/c1-4-20(25)24-14-19(23-3)21-17(6-5-7-18(21)13-22)12-16-10-8-15(2)9-11-16/h4-11H,1-2,12,14H2,3H3,(H,24,25). The minimum absolute atomic E-state index is 0.241. The molecule has 0 heterocycles. The molecule has 1 amide bonds. The normalized spacial score (nSPS) is 10.8. The summed E-state index contributed by atoms with van der Waals surface area (Å²) in [5.74, 6) is -0.275. The summed E-state index contributed by atoms with van der Waals surface area (Å²) in [4.78, 5) is 15.8. The van der Waals surface area contributed by atoms with Gasteiger partial charge in [-0.3, -0.25) is 9.79 Å². The number of hydrogen-bond acceptors (Lipinski definition) is 3. The maximum atomic E-state index is 11.5. The van der Waals surface area contributed by atoms with Gasteiger partial charge in [-0.2, -0.15) is 5.26 Å². The van der Waals surface area contributed by atoms with Crippen LogP contribution < -0.4 is 5.32 Å². The molecule has 0 unspecified atom stereocenters. The zero-order valence-corrected chi connectivity index (χ0v) is 14.2. The highest BCUT2D eigenvalue weighted by atomic mass is 16.1. The Balaban J connectivity index is 2.40. The second-order valence-electron chi connectivity index (χ2n) is 5.54. The largest absolute Gasteiger partial charge is 0.347 e. The number of aliphatic imine (C=N–C) groups is 1. The molecule has 0 aliphatic rings. The fourth-order valence-electron chi connectivity index (χ4n) is 2.58. The van der Waals surface area contributed by atoms with Gasteiger partial charge in [0.15, 0.2) is 0 Å². The molecule has 0 saturated carbocycles. The number of nitriles is 1. The van der Waals surface area contributed by atoms with E-state index in [0.29, 0.717) is 17.7 Å². The van der Waals surface area contributed by atoms with Crippen LogP contribution in [0, 0.1) is 18.3 Å². The van der Waals surface area contributed by atoms with Crippen molar-refractivity contribution in [3.8, 4) is 6.07 Å². The van der Waals surface area contributed by atoms with Crippen molar-refractivity contribution in [1.29, 1.82) is 5.26 Å². The van der Waals surface area contributed by atoms with Gasteiger partial charge in [0.25, 0.3) is 0 Å². The number of carbonyl (C=O) groups excluding carboxylic acids is 1. The van der Waals surface area contributed by atoms with Crippen LogP contribution >= 0.6 is 0 Å². The molecule has 0 atom stereocenters. The van der Waals surface area contributed by atoms with E-state index in [2.05, 4.69) is 29.9 Å². The maximum Gasteiger partial charge on any atom is 0.243 e. The van der Waals surface area contributed by atoms with Crippen LogP contribution in [0.25, 0.3) is 0 Å². The van der Waals surface area contributed by atoms with Crippen molar-refractivity contribution in [2.24, 2.45) is 4.99 Å². The fraction of sp³-hybridized carbons (Fsp3) is 0.143. The van der Waals surface area contributed by atoms with Crippen LogP contribution in [0.1, 0.15) is 27.8 Å². The van der Waals surface area contributed by atoms with Crippen LogP contribution in [0.5, 0.6) is 0 Å². The first-order chi connectivity index (χ1) is 12.1. The second kappa shape index (κ2) is 8.60. The third kappa shape index (κ3) is 4.65. The average molecular weight is 330 g/mol. The van der Waals surface area contributed by atoms with Crippen molar-refractivity contribution in [1.82, 2.24) is 5.32 Å². The molecule has 4 heteroatoms. The highest BCUT2D eigenvalue weighted by Gasteiger charge is 2.15. The minimum Gasteiger partial charge on any atom is -0.347 e. The van der Waals surface area contributed by atoms with Gasteiger partial charge < -0.3 is 5.32 Å². The topological polar surface area (TPSA) is 65.2 Å². The van der Waals surface area contributed by atoms with Crippen LogP contribution in [0.2, 0.25) is 0 Å². The lowest BCUT2D eigenvalue weighted by Gasteiger charge is -2.14. The van der Waals surface area contributed by atoms with E-state index in [1.54, 1.807) is 13.1 Å².